The average Bonchev–Trinajstić information content (AvgIpc) is 2.47. The lowest BCUT2D eigenvalue weighted by atomic mass is 9.60. The van der Waals surface area contributed by atoms with E-state index in [1.165, 1.54) is 0 Å². The summed E-state index contributed by atoms with van der Waals surface area (Å²) in [7, 11) is 0. The summed E-state index contributed by atoms with van der Waals surface area (Å²) in [6.07, 6.45) is 4.08. The second-order valence-corrected chi connectivity index (χ2v) is 6.25. The Labute approximate surface area is 131 Å². The Bertz CT molecular complexity index is 431. The third-order valence-corrected chi connectivity index (χ3v) is 5.00. The maximum absolute atomic E-state index is 12.4. The number of ketones is 1. The molecule has 5 nitrogen and oxygen atoms in total. The maximum atomic E-state index is 12.4. The van der Waals surface area contributed by atoms with Gasteiger partial charge < -0.3 is 9.47 Å². The SMILES string of the molecule is CCOC(=O)C[C@@H]1CC[C@@H]2C(=O)CCC[C@H]2[C@@H]1C(=O)OCC. The summed E-state index contributed by atoms with van der Waals surface area (Å²) in [6.45, 7) is 4.23. The van der Waals surface area contributed by atoms with Crippen LogP contribution in [0.4, 0.5) is 0 Å². The van der Waals surface area contributed by atoms with Gasteiger partial charge in [0.25, 0.3) is 0 Å². The molecule has 0 N–H and O–H groups in total. The lowest BCUT2D eigenvalue weighted by molar-refractivity contribution is -0.159. The molecule has 2 saturated carbocycles. The predicted molar refractivity (Wildman–Crippen MR) is 79.9 cm³/mol. The minimum atomic E-state index is -0.340. The van der Waals surface area contributed by atoms with Crippen molar-refractivity contribution in [2.45, 2.75) is 52.4 Å². The minimum absolute atomic E-state index is 0.0263. The third-order valence-electron chi connectivity index (χ3n) is 5.00. The van der Waals surface area contributed by atoms with Crippen LogP contribution >= 0.6 is 0 Å². The molecule has 2 rings (SSSR count). The smallest absolute Gasteiger partial charge is 0.309 e. The predicted octanol–water partition coefficient (Wildman–Crippen LogP) is 2.51. The second kappa shape index (κ2) is 7.75. The molecular weight excluding hydrogens is 284 g/mol. The normalized spacial score (nSPS) is 31.3. The Hall–Kier alpha value is -1.39. The Balaban J connectivity index is 2.16. The van der Waals surface area contributed by atoms with Gasteiger partial charge in [0.15, 0.2) is 0 Å². The molecule has 0 spiro atoms. The quantitative estimate of drug-likeness (QED) is 0.730. The van der Waals surface area contributed by atoms with E-state index in [2.05, 4.69) is 0 Å². The molecule has 2 aliphatic rings. The van der Waals surface area contributed by atoms with Gasteiger partial charge in [0.1, 0.15) is 5.78 Å². The van der Waals surface area contributed by atoms with Crippen LogP contribution in [0, 0.1) is 23.7 Å². The van der Waals surface area contributed by atoms with E-state index >= 15 is 0 Å². The molecule has 0 aromatic rings. The van der Waals surface area contributed by atoms with Crippen LogP contribution in [0.1, 0.15) is 52.4 Å². The van der Waals surface area contributed by atoms with Crippen LogP contribution in [0.15, 0.2) is 0 Å². The molecule has 124 valence electrons. The molecular formula is C17H26O5. The van der Waals surface area contributed by atoms with Crippen LogP contribution in [0.5, 0.6) is 0 Å². The number of esters is 2. The Morgan fingerprint density at radius 2 is 1.82 bits per heavy atom. The van der Waals surface area contributed by atoms with Gasteiger partial charge in [0.05, 0.1) is 19.1 Å². The number of carbonyl (C=O) groups is 3. The monoisotopic (exact) mass is 310 g/mol. The van der Waals surface area contributed by atoms with Crippen molar-refractivity contribution in [2.24, 2.45) is 23.7 Å². The first-order valence-electron chi connectivity index (χ1n) is 8.43. The molecule has 0 saturated heterocycles. The zero-order chi connectivity index (χ0) is 16.1. The van der Waals surface area contributed by atoms with Crippen molar-refractivity contribution in [1.29, 1.82) is 0 Å². The van der Waals surface area contributed by atoms with E-state index in [9.17, 15) is 14.4 Å². The van der Waals surface area contributed by atoms with E-state index in [0.717, 1.165) is 25.7 Å². The van der Waals surface area contributed by atoms with Crippen molar-refractivity contribution in [3.63, 3.8) is 0 Å². The highest BCUT2D eigenvalue weighted by molar-refractivity contribution is 5.84. The van der Waals surface area contributed by atoms with Crippen LogP contribution in [0.2, 0.25) is 0 Å². The van der Waals surface area contributed by atoms with E-state index in [0.29, 0.717) is 19.6 Å². The third kappa shape index (κ3) is 3.68. The van der Waals surface area contributed by atoms with Gasteiger partial charge in [0, 0.05) is 18.8 Å². The van der Waals surface area contributed by atoms with E-state index in [4.69, 9.17) is 9.47 Å². The summed E-state index contributed by atoms with van der Waals surface area (Å²) in [5.41, 5.74) is 0. The molecule has 5 heteroatoms. The van der Waals surface area contributed by atoms with Crippen molar-refractivity contribution in [3.05, 3.63) is 0 Å². The number of rotatable bonds is 5. The van der Waals surface area contributed by atoms with Crippen molar-refractivity contribution >= 4 is 17.7 Å². The van der Waals surface area contributed by atoms with E-state index in [-0.39, 0.29) is 47.8 Å². The van der Waals surface area contributed by atoms with Crippen molar-refractivity contribution in [3.8, 4) is 0 Å². The van der Waals surface area contributed by atoms with Gasteiger partial charge in [-0.3, -0.25) is 14.4 Å². The van der Waals surface area contributed by atoms with Gasteiger partial charge in [-0.15, -0.1) is 0 Å². The summed E-state index contributed by atoms with van der Waals surface area (Å²) < 4.78 is 10.3. The van der Waals surface area contributed by atoms with Crippen LogP contribution in [0.25, 0.3) is 0 Å². The molecule has 2 fully saturated rings. The minimum Gasteiger partial charge on any atom is -0.466 e. The van der Waals surface area contributed by atoms with Gasteiger partial charge >= 0.3 is 11.9 Å². The fraction of sp³-hybridized carbons (Fsp3) is 0.824. The van der Waals surface area contributed by atoms with Crippen LogP contribution < -0.4 is 0 Å². The molecule has 0 bridgehead atoms. The molecule has 4 atom stereocenters. The molecule has 0 amide bonds. The first kappa shape index (κ1) is 17.0. The molecule has 0 aromatic carbocycles. The van der Waals surface area contributed by atoms with Gasteiger partial charge in [0.2, 0.25) is 0 Å². The average molecular weight is 310 g/mol. The standard InChI is InChI=1S/C17H26O5/c1-3-21-15(19)10-11-8-9-12-13(6-5-7-14(12)18)16(11)17(20)22-4-2/h11-13,16H,3-10H2,1-2H3/t11-,12-,13+,16+/m0/s1. The van der Waals surface area contributed by atoms with E-state index in [1.54, 1.807) is 13.8 Å². The number of ether oxygens (including phenoxy) is 2. The first-order chi connectivity index (χ1) is 10.6. The molecule has 0 unspecified atom stereocenters. The van der Waals surface area contributed by atoms with Crippen LogP contribution in [0.3, 0.4) is 0 Å². The molecule has 0 radical (unpaired) electrons. The van der Waals surface area contributed by atoms with Gasteiger partial charge in [-0.2, -0.15) is 0 Å². The topological polar surface area (TPSA) is 69.7 Å². The van der Waals surface area contributed by atoms with Crippen molar-refractivity contribution in [2.75, 3.05) is 13.2 Å². The van der Waals surface area contributed by atoms with Gasteiger partial charge in [-0.1, -0.05) is 0 Å². The zero-order valence-corrected chi connectivity index (χ0v) is 13.5. The zero-order valence-electron chi connectivity index (χ0n) is 13.5. The highest BCUT2D eigenvalue weighted by Crippen LogP contribution is 2.46. The summed E-state index contributed by atoms with van der Waals surface area (Å²) in [4.78, 5) is 36.4. The summed E-state index contributed by atoms with van der Waals surface area (Å²) in [5, 5.41) is 0. The number of hydrogen-bond donors (Lipinski definition) is 0. The van der Waals surface area contributed by atoms with Crippen molar-refractivity contribution in [1.82, 2.24) is 0 Å². The highest BCUT2D eigenvalue weighted by atomic mass is 16.5. The second-order valence-electron chi connectivity index (χ2n) is 6.25. The Morgan fingerprint density at radius 1 is 1.09 bits per heavy atom. The number of Topliss-reactive ketones (excluding diaryl/α,β-unsaturated/α-hetero) is 1. The molecule has 22 heavy (non-hydrogen) atoms. The van der Waals surface area contributed by atoms with Gasteiger partial charge in [-0.05, 0) is 51.4 Å². The summed E-state index contributed by atoms with van der Waals surface area (Å²) >= 11 is 0. The molecule has 0 heterocycles. The first-order valence-corrected chi connectivity index (χ1v) is 8.43. The van der Waals surface area contributed by atoms with Crippen LogP contribution in [-0.2, 0) is 23.9 Å². The van der Waals surface area contributed by atoms with Crippen molar-refractivity contribution < 1.29 is 23.9 Å². The fourth-order valence-corrected chi connectivity index (χ4v) is 4.13. The molecule has 0 aliphatic heterocycles. The van der Waals surface area contributed by atoms with Crippen LogP contribution in [-0.4, -0.2) is 30.9 Å². The lowest BCUT2D eigenvalue weighted by Crippen LogP contribution is -2.45. The number of fused-ring (bicyclic) bond motifs is 1. The Kier molecular flexibility index (Phi) is 5.98. The largest absolute Gasteiger partial charge is 0.466 e. The fourth-order valence-electron chi connectivity index (χ4n) is 4.13. The highest BCUT2D eigenvalue weighted by Gasteiger charge is 2.48. The molecule has 0 aromatic heterocycles. The Morgan fingerprint density at radius 3 is 2.50 bits per heavy atom. The number of carbonyl (C=O) groups excluding carboxylic acids is 3. The summed E-state index contributed by atoms with van der Waals surface area (Å²) in [5.74, 6) is -0.628. The van der Waals surface area contributed by atoms with E-state index < -0.39 is 0 Å². The molecule has 2 aliphatic carbocycles. The lowest BCUT2D eigenvalue weighted by Gasteiger charge is -2.43. The maximum Gasteiger partial charge on any atom is 0.309 e. The van der Waals surface area contributed by atoms with Gasteiger partial charge in [-0.25, -0.2) is 0 Å². The van der Waals surface area contributed by atoms with E-state index in [1.807, 2.05) is 0 Å². The summed E-state index contributed by atoms with van der Waals surface area (Å²) in [6, 6.07) is 0. The number of hydrogen-bond acceptors (Lipinski definition) is 5.